The normalized spacial score (nSPS) is 12.4. The third-order valence-electron chi connectivity index (χ3n) is 4.89. The SMILES string of the molecule is COc1ccc(NS(=O)(=O)c2cc(NC(=O)C=Cc3ccc4c(c3)OCO4)ccc2OC)cc1. The molecule has 10 heteroatoms. The van der Waals surface area contributed by atoms with E-state index in [2.05, 4.69) is 10.0 Å². The van der Waals surface area contributed by atoms with Crippen LogP contribution in [0.1, 0.15) is 5.56 Å². The molecule has 0 aromatic heterocycles. The average molecular weight is 483 g/mol. The molecule has 0 saturated heterocycles. The van der Waals surface area contributed by atoms with Gasteiger partial charge in [-0.05, 0) is 66.2 Å². The standard InChI is InChI=1S/C24H22N2O7S/c1-30-19-8-5-17(6-9-19)26-34(28,29)23-14-18(7-11-21(23)31-2)25-24(27)12-4-16-3-10-20-22(13-16)33-15-32-20/h3-14,26H,15H2,1-2H3,(H,25,27). The smallest absolute Gasteiger partial charge is 0.265 e. The molecule has 1 aliphatic rings. The highest BCUT2D eigenvalue weighted by molar-refractivity contribution is 7.92. The molecule has 0 atom stereocenters. The molecule has 0 saturated carbocycles. The van der Waals surface area contributed by atoms with Crippen molar-refractivity contribution in [1.29, 1.82) is 0 Å². The van der Waals surface area contributed by atoms with Crippen LogP contribution in [0.5, 0.6) is 23.0 Å². The summed E-state index contributed by atoms with van der Waals surface area (Å²) >= 11 is 0. The third-order valence-corrected chi connectivity index (χ3v) is 6.29. The molecule has 176 valence electrons. The van der Waals surface area contributed by atoms with Gasteiger partial charge in [0.05, 0.1) is 14.2 Å². The van der Waals surface area contributed by atoms with E-state index >= 15 is 0 Å². The fraction of sp³-hybridized carbons (Fsp3) is 0.125. The Morgan fingerprint density at radius 3 is 2.38 bits per heavy atom. The Morgan fingerprint density at radius 1 is 0.912 bits per heavy atom. The van der Waals surface area contributed by atoms with Gasteiger partial charge in [0.2, 0.25) is 12.7 Å². The van der Waals surface area contributed by atoms with Gasteiger partial charge in [-0.3, -0.25) is 9.52 Å². The van der Waals surface area contributed by atoms with E-state index in [4.69, 9.17) is 18.9 Å². The first-order chi connectivity index (χ1) is 16.4. The van der Waals surface area contributed by atoms with Crippen molar-refractivity contribution in [2.75, 3.05) is 31.1 Å². The van der Waals surface area contributed by atoms with Gasteiger partial charge in [0.15, 0.2) is 11.5 Å². The highest BCUT2D eigenvalue weighted by Crippen LogP contribution is 2.33. The Kier molecular flexibility index (Phi) is 6.60. The second-order valence-electron chi connectivity index (χ2n) is 7.13. The number of hydrogen-bond donors (Lipinski definition) is 2. The topological polar surface area (TPSA) is 112 Å². The van der Waals surface area contributed by atoms with Gasteiger partial charge in [0, 0.05) is 17.5 Å². The molecular weight excluding hydrogens is 460 g/mol. The number of carbonyl (C=O) groups is 1. The van der Waals surface area contributed by atoms with E-state index in [0.29, 0.717) is 22.9 Å². The number of sulfonamides is 1. The lowest BCUT2D eigenvalue weighted by Gasteiger charge is -2.13. The monoisotopic (exact) mass is 482 g/mol. The number of methoxy groups -OCH3 is 2. The summed E-state index contributed by atoms with van der Waals surface area (Å²) in [5, 5.41) is 2.66. The predicted octanol–water partition coefficient (Wildman–Crippen LogP) is 3.89. The van der Waals surface area contributed by atoms with Crippen LogP contribution < -0.4 is 29.0 Å². The summed E-state index contributed by atoms with van der Waals surface area (Å²) in [6.07, 6.45) is 2.95. The molecule has 3 aromatic carbocycles. The van der Waals surface area contributed by atoms with Crippen LogP contribution in [0.3, 0.4) is 0 Å². The van der Waals surface area contributed by atoms with E-state index in [1.807, 2.05) is 0 Å². The van der Waals surface area contributed by atoms with E-state index in [0.717, 1.165) is 5.56 Å². The number of anilines is 2. The van der Waals surface area contributed by atoms with Crippen LogP contribution in [-0.4, -0.2) is 35.3 Å². The van der Waals surface area contributed by atoms with E-state index in [1.54, 1.807) is 54.6 Å². The van der Waals surface area contributed by atoms with Gasteiger partial charge in [-0.25, -0.2) is 8.42 Å². The second kappa shape index (κ2) is 9.75. The number of hydrogen-bond acceptors (Lipinski definition) is 7. The summed E-state index contributed by atoms with van der Waals surface area (Å²) in [6.45, 7) is 0.166. The highest BCUT2D eigenvalue weighted by atomic mass is 32.2. The Morgan fingerprint density at radius 2 is 1.65 bits per heavy atom. The highest BCUT2D eigenvalue weighted by Gasteiger charge is 2.21. The summed E-state index contributed by atoms with van der Waals surface area (Å²) in [4.78, 5) is 12.3. The summed E-state index contributed by atoms with van der Waals surface area (Å²) in [7, 11) is -1.11. The van der Waals surface area contributed by atoms with Crippen molar-refractivity contribution in [3.63, 3.8) is 0 Å². The Balaban J connectivity index is 1.50. The molecule has 9 nitrogen and oxygen atoms in total. The maximum absolute atomic E-state index is 13.0. The molecular formula is C24H22N2O7S. The molecule has 1 heterocycles. The van der Waals surface area contributed by atoms with Gasteiger partial charge in [-0.2, -0.15) is 0 Å². The average Bonchev–Trinajstić information content (AvgIpc) is 3.31. The lowest BCUT2D eigenvalue weighted by Crippen LogP contribution is -2.15. The molecule has 34 heavy (non-hydrogen) atoms. The van der Waals surface area contributed by atoms with Crippen LogP contribution in [0, 0.1) is 0 Å². The first-order valence-electron chi connectivity index (χ1n) is 10.1. The van der Waals surface area contributed by atoms with E-state index in [9.17, 15) is 13.2 Å². The first-order valence-corrected chi connectivity index (χ1v) is 11.6. The number of ether oxygens (including phenoxy) is 4. The maximum Gasteiger partial charge on any atom is 0.265 e. The van der Waals surface area contributed by atoms with E-state index in [1.165, 1.54) is 32.4 Å². The molecule has 0 radical (unpaired) electrons. The van der Waals surface area contributed by atoms with Crippen LogP contribution in [-0.2, 0) is 14.8 Å². The molecule has 1 aliphatic heterocycles. The van der Waals surface area contributed by atoms with Gasteiger partial charge in [0.25, 0.3) is 10.0 Å². The van der Waals surface area contributed by atoms with Gasteiger partial charge < -0.3 is 24.3 Å². The minimum absolute atomic E-state index is 0.122. The Hall–Kier alpha value is -4.18. The number of fused-ring (bicyclic) bond motifs is 1. The summed E-state index contributed by atoms with van der Waals surface area (Å²) in [5.41, 5.74) is 1.39. The summed E-state index contributed by atoms with van der Waals surface area (Å²) in [6, 6.07) is 16.1. The fourth-order valence-corrected chi connectivity index (χ4v) is 4.46. The lowest BCUT2D eigenvalue weighted by molar-refractivity contribution is -0.111. The zero-order valence-electron chi connectivity index (χ0n) is 18.4. The van der Waals surface area contributed by atoms with Crippen molar-refractivity contribution < 1.29 is 32.2 Å². The molecule has 0 aliphatic carbocycles. The third kappa shape index (κ3) is 5.24. The quantitative estimate of drug-likeness (QED) is 0.469. The maximum atomic E-state index is 13.0. The first kappa shape index (κ1) is 23.0. The number of amides is 1. The van der Waals surface area contributed by atoms with Gasteiger partial charge >= 0.3 is 0 Å². The van der Waals surface area contributed by atoms with Crippen molar-refractivity contribution in [3.05, 3.63) is 72.3 Å². The van der Waals surface area contributed by atoms with Crippen molar-refractivity contribution >= 4 is 33.4 Å². The zero-order chi connectivity index (χ0) is 24.1. The van der Waals surface area contributed by atoms with Crippen LogP contribution in [0.4, 0.5) is 11.4 Å². The summed E-state index contributed by atoms with van der Waals surface area (Å²) in [5.74, 6) is 1.55. The van der Waals surface area contributed by atoms with E-state index in [-0.39, 0.29) is 23.1 Å². The second-order valence-corrected chi connectivity index (χ2v) is 8.79. The van der Waals surface area contributed by atoms with E-state index < -0.39 is 15.9 Å². The van der Waals surface area contributed by atoms with Crippen molar-refractivity contribution in [2.24, 2.45) is 0 Å². The Bertz CT molecular complexity index is 1340. The number of benzene rings is 3. The fourth-order valence-electron chi connectivity index (χ4n) is 3.21. The molecule has 0 unspecified atom stereocenters. The molecule has 0 bridgehead atoms. The summed E-state index contributed by atoms with van der Waals surface area (Å²) < 4.78 is 49.4. The predicted molar refractivity (Wildman–Crippen MR) is 127 cm³/mol. The van der Waals surface area contributed by atoms with Crippen LogP contribution in [0.25, 0.3) is 6.08 Å². The molecule has 2 N–H and O–H groups in total. The molecule has 1 amide bonds. The van der Waals surface area contributed by atoms with Crippen LogP contribution >= 0.6 is 0 Å². The lowest BCUT2D eigenvalue weighted by atomic mass is 10.2. The van der Waals surface area contributed by atoms with Gasteiger partial charge in [-0.1, -0.05) is 6.07 Å². The largest absolute Gasteiger partial charge is 0.497 e. The number of carbonyl (C=O) groups excluding carboxylic acids is 1. The minimum Gasteiger partial charge on any atom is -0.497 e. The zero-order valence-corrected chi connectivity index (χ0v) is 19.2. The van der Waals surface area contributed by atoms with Gasteiger partial charge in [-0.15, -0.1) is 0 Å². The van der Waals surface area contributed by atoms with Crippen molar-refractivity contribution in [3.8, 4) is 23.0 Å². The minimum atomic E-state index is -4.01. The molecule has 0 spiro atoms. The van der Waals surface area contributed by atoms with Crippen molar-refractivity contribution in [2.45, 2.75) is 4.90 Å². The van der Waals surface area contributed by atoms with Crippen molar-refractivity contribution in [1.82, 2.24) is 0 Å². The molecule has 4 rings (SSSR count). The van der Waals surface area contributed by atoms with Gasteiger partial charge in [0.1, 0.15) is 16.4 Å². The molecule has 3 aromatic rings. The van der Waals surface area contributed by atoms with Crippen LogP contribution in [0.15, 0.2) is 71.6 Å². The number of nitrogens with one attached hydrogen (secondary N) is 2. The number of rotatable bonds is 8. The molecule has 0 fully saturated rings. The Labute approximate surface area is 197 Å². The van der Waals surface area contributed by atoms with Crippen LogP contribution in [0.2, 0.25) is 0 Å².